The minimum Gasteiger partial charge on any atom is -0.388 e. The van der Waals surface area contributed by atoms with Gasteiger partial charge in [-0.05, 0) is 27.1 Å². The van der Waals surface area contributed by atoms with Gasteiger partial charge in [-0.2, -0.15) is 5.10 Å². The molecule has 1 atom stereocenters. The summed E-state index contributed by atoms with van der Waals surface area (Å²) in [6.07, 6.45) is 0. The van der Waals surface area contributed by atoms with Crippen molar-refractivity contribution in [3.63, 3.8) is 0 Å². The van der Waals surface area contributed by atoms with Crippen LogP contribution in [0, 0.1) is 0 Å². The molecule has 5 heteroatoms. The third kappa shape index (κ3) is 3.56. The Morgan fingerprint density at radius 1 is 1.35 bits per heavy atom. The van der Waals surface area contributed by atoms with E-state index < -0.39 is 5.60 Å². The number of hydrogen-bond donors (Lipinski definition) is 2. The molecule has 1 aromatic carbocycles. The molecule has 0 amide bonds. The normalized spacial score (nSPS) is 14.9. The number of likely N-dealkylation sites (N-methyl/N-ethyl adjacent to an activating group) is 1. The molecule has 0 saturated carbocycles. The molecule has 20 heavy (non-hydrogen) atoms. The smallest absolute Gasteiger partial charge is 0.0869 e. The predicted molar refractivity (Wildman–Crippen MR) is 81.6 cm³/mol. The molecule has 1 unspecified atom stereocenters. The Bertz CT molecular complexity index is 574. The first-order chi connectivity index (χ1) is 9.39. The molecule has 2 aromatic rings. The molecule has 0 fully saturated rings. The maximum absolute atomic E-state index is 10.3. The molecule has 2 rings (SSSR count). The van der Waals surface area contributed by atoms with Gasteiger partial charge in [0.25, 0.3) is 0 Å². The fourth-order valence-electron chi connectivity index (χ4n) is 2.61. The summed E-state index contributed by atoms with van der Waals surface area (Å²) in [5, 5.41) is 19.2. The van der Waals surface area contributed by atoms with E-state index in [1.807, 2.05) is 49.8 Å². The Labute approximate surface area is 120 Å². The third-order valence-corrected chi connectivity index (χ3v) is 3.29. The van der Waals surface area contributed by atoms with E-state index in [4.69, 9.17) is 0 Å². The number of fused-ring (bicyclic) bond motifs is 1. The maximum atomic E-state index is 10.3. The largest absolute Gasteiger partial charge is 0.388 e. The number of benzene rings is 1. The standard InChI is InChI=1S/C15H24N4O/c1-15(20,11-18(2)3)10-16-9-13-12-7-5-6-8-14(12)19(4)17-13/h5-8,16,20H,9-11H2,1-4H3. The van der Waals surface area contributed by atoms with Crippen LogP contribution in [0.15, 0.2) is 24.3 Å². The van der Waals surface area contributed by atoms with Gasteiger partial charge < -0.3 is 15.3 Å². The molecule has 0 aliphatic rings. The van der Waals surface area contributed by atoms with E-state index >= 15 is 0 Å². The topological polar surface area (TPSA) is 53.3 Å². The summed E-state index contributed by atoms with van der Waals surface area (Å²) in [6.45, 7) is 3.67. The van der Waals surface area contributed by atoms with Gasteiger partial charge in [-0.25, -0.2) is 0 Å². The summed E-state index contributed by atoms with van der Waals surface area (Å²) in [5.41, 5.74) is 1.40. The first kappa shape index (κ1) is 15.0. The minimum atomic E-state index is -0.742. The van der Waals surface area contributed by atoms with Gasteiger partial charge in [0.15, 0.2) is 0 Å². The van der Waals surface area contributed by atoms with Crippen LogP contribution in [0.4, 0.5) is 0 Å². The molecule has 0 aliphatic heterocycles. The number of para-hydroxylation sites is 1. The van der Waals surface area contributed by atoms with Crippen molar-refractivity contribution in [2.45, 2.75) is 19.1 Å². The number of aryl methyl sites for hydroxylation is 1. The zero-order valence-corrected chi connectivity index (χ0v) is 12.7. The lowest BCUT2D eigenvalue weighted by molar-refractivity contribution is 0.0335. The highest BCUT2D eigenvalue weighted by atomic mass is 16.3. The van der Waals surface area contributed by atoms with Crippen molar-refractivity contribution in [1.29, 1.82) is 0 Å². The zero-order chi connectivity index (χ0) is 14.8. The average Bonchev–Trinajstić information content (AvgIpc) is 2.65. The third-order valence-electron chi connectivity index (χ3n) is 3.29. The van der Waals surface area contributed by atoms with Gasteiger partial charge in [0, 0.05) is 32.1 Å². The van der Waals surface area contributed by atoms with Gasteiger partial charge in [0.05, 0.1) is 16.8 Å². The molecule has 110 valence electrons. The lowest BCUT2D eigenvalue weighted by atomic mass is 10.1. The molecule has 0 radical (unpaired) electrons. The number of aromatic nitrogens is 2. The summed E-state index contributed by atoms with van der Waals surface area (Å²) >= 11 is 0. The zero-order valence-electron chi connectivity index (χ0n) is 12.7. The second-order valence-electron chi connectivity index (χ2n) is 5.93. The Morgan fingerprint density at radius 3 is 2.75 bits per heavy atom. The van der Waals surface area contributed by atoms with Crippen LogP contribution in [0.1, 0.15) is 12.6 Å². The molecule has 0 aliphatic carbocycles. The summed E-state index contributed by atoms with van der Waals surface area (Å²) < 4.78 is 1.89. The van der Waals surface area contributed by atoms with Crippen LogP contribution in [-0.2, 0) is 13.6 Å². The molecule has 0 saturated heterocycles. The van der Waals surface area contributed by atoms with Crippen molar-refractivity contribution in [3.05, 3.63) is 30.0 Å². The lowest BCUT2D eigenvalue weighted by Gasteiger charge is -2.27. The fourth-order valence-corrected chi connectivity index (χ4v) is 2.61. The quantitative estimate of drug-likeness (QED) is 0.826. The molecule has 5 nitrogen and oxygen atoms in total. The summed E-state index contributed by atoms with van der Waals surface area (Å²) in [6, 6.07) is 8.18. The number of nitrogens with zero attached hydrogens (tertiary/aromatic N) is 3. The highest BCUT2D eigenvalue weighted by molar-refractivity contribution is 5.81. The second kappa shape index (κ2) is 5.91. The Hall–Kier alpha value is -1.43. The van der Waals surface area contributed by atoms with Crippen molar-refractivity contribution in [1.82, 2.24) is 20.0 Å². The summed E-state index contributed by atoms with van der Waals surface area (Å²) in [7, 11) is 5.87. The van der Waals surface area contributed by atoms with Crippen LogP contribution in [0.5, 0.6) is 0 Å². The first-order valence-electron chi connectivity index (χ1n) is 6.87. The summed E-state index contributed by atoms with van der Waals surface area (Å²) in [4.78, 5) is 1.98. The van der Waals surface area contributed by atoms with Crippen LogP contribution >= 0.6 is 0 Å². The molecule has 1 aromatic heterocycles. The minimum absolute atomic E-state index is 0.538. The monoisotopic (exact) mass is 276 g/mol. The van der Waals surface area contributed by atoms with Crippen LogP contribution in [0.3, 0.4) is 0 Å². The number of hydrogen-bond acceptors (Lipinski definition) is 4. The van der Waals surface area contributed by atoms with Gasteiger partial charge in [-0.1, -0.05) is 18.2 Å². The van der Waals surface area contributed by atoms with Crippen LogP contribution in [0.25, 0.3) is 10.9 Å². The molecule has 0 bridgehead atoms. The van der Waals surface area contributed by atoms with Crippen molar-refractivity contribution >= 4 is 10.9 Å². The van der Waals surface area contributed by atoms with E-state index in [1.54, 1.807) is 0 Å². The van der Waals surface area contributed by atoms with Crippen molar-refractivity contribution in [2.75, 3.05) is 27.2 Å². The number of nitrogens with one attached hydrogen (secondary N) is 1. The van der Waals surface area contributed by atoms with Crippen LogP contribution in [-0.4, -0.2) is 52.6 Å². The van der Waals surface area contributed by atoms with Gasteiger partial charge >= 0.3 is 0 Å². The first-order valence-corrected chi connectivity index (χ1v) is 6.87. The van der Waals surface area contributed by atoms with Crippen molar-refractivity contribution < 1.29 is 5.11 Å². The Morgan fingerprint density at radius 2 is 2.05 bits per heavy atom. The number of rotatable bonds is 6. The van der Waals surface area contributed by atoms with Crippen molar-refractivity contribution in [2.24, 2.45) is 7.05 Å². The maximum Gasteiger partial charge on any atom is 0.0869 e. The van der Waals surface area contributed by atoms with Gasteiger partial charge in [-0.15, -0.1) is 0 Å². The lowest BCUT2D eigenvalue weighted by Crippen LogP contribution is -2.45. The van der Waals surface area contributed by atoms with Crippen molar-refractivity contribution in [3.8, 4) is 0 Å². The SMILES string of the molecule is CN(C)CC(C)(O)CNCc1nn(C)c2ccccc12. The predicted octanol–water partition coefficient (Wildman–Crippen LogP) is 0.975. The number of aliphatic hydroxyl groups is 1. The highest BCUT2D eigenvalue weighted by Crippen LogP contribution is 2.17. The average molecular weight is 276 g/mol. The van der Waals surface area contributed by atoms with E-state index in [-0.39, 0.29) is 0 Å². The second-order valence-corrected chi connectivity index (χ2v) is 5.93. The van der Waals surface area contributed by atoms with Crippen LogP contribution in [0.2, 0.25) is 0 Å². The highest BCUT2D eigenvalue weighted by Gasteiger charge is 2.21. The van der Waals surface area contributed by atoms with E-state index in [0.717, 1.165) is 16.6 Å². The van der Waals surface area contributed by atoms with E-state index in [1.165, 1.54) is 0 Å². The molecule has 0 spiro atoms. The van der Waals surface area contributed by atoms with E-state index in [9.17, 15) is 5.11 Å². The molecule has 2 N–H and O–H groups in total. The Balaban J connectivity index is 2.00. The molecule has 1 heterocycles. The van der Waals surface area contributed by atoms with E-state index in [0.29, 0.717) is 19.6 Å². The Kier molecular flexibility index (Phi) is 4.42. The molecular formula is C15H24N4O. The molecular weight excluding hydrogens is 252 g/mol. The van der Waals surface area contributed by atoms with Gasteiger partial charge in [-0.3, -0.25) is 4.68 Å². The van der Waals surface area contributed by atoms with Gasteiger partial charge in [0.2, 0.25) is 0 Å². The van der Waals surface area contributed by atoms with Gasteiger partial charge in [0.1, 0.15) is 0 Å². The summed E-state index contributed by atoms with van der Waals surface area (Å²) in [5.74, 6) is 0. The van der Waals surface area contributed by atoms with E-state index in [2.05, 4.69) is 22.5 Å². The van der Waals surface area contributed by atoms with Crippen LogP contribution < -0.4 is 5.32 Å². The fraction of sp³-hybridized carbons (Fsp3) is 0.533.